The smallest absolute Gasteiger partial charge is 0.334 e. The van der Waals surface area contributed by atoms with E-state index in [9.17, 15) is 9.90 Å². The van der Waals surface area contributed by atoms with Gasteiger partial charge in [0.25, 0.3) is 0 Å². The maximum atomic E-state index is 11.8. The fourth-order valence-corrected chi connectivity index (χ4v) is 3.22. The van der Waals surface area contributed by atoms with Crippen LogP contribution in [-0.2, 0) is 9.53 Å². The number of hydrogen-bond donors (Lipinski definition) is 1. The molecule has 0 spiro atoms. The monoisotopic (exact) mass is 316 g/mol. The van der Waals surface area contributed by atoms with Gasteiger partial charge in [0.1, 0.15) is 6.10 Å². The Bertz CT molecular complexity index is 551. The first-order valence-electron chi connectivity index (χ1n) is 8.52. The van der Waals surface area contributed by atoms with Gasteiger partial charge in [0.2, 0.25) is 0 Å². The number of rotatable bonds is 1. The number of fused-ring (bicyclic) bond motifs is 1. The maximum absolute atomic E-state index is 11.8. The number of aliphatic hydroxyl groups excluding tert-OH is 1. The summed E-state index contributed by atoms with van der Waals surface area (Å²) in [5.41, 5.74) is 4.27. The number of aliphatic hydroxyl groups is 1. The van der Waals surface area contributed by atoms with Crippen LogP contribution in [0.15, 0.2) is 47.1 Å². The van der Waals surface area contributed by atoms with Crippen LogP contribution in [0.5, 0.6) is 0 Å². The van der Waals surface area contributed by atoms with Gasteiger partial charge in [-0.3, -0.25) is 0 Å². The predicted octanol–water partition coefficient (Wildman–Crippen LogP) is 4.25. The van der Waals surface area contributed by atoms with Crippen LogP contribution in [0.2, 0.25) is 0 Å². The zero-order valence-corrected chi connectivity index (χ0v) is 14.3. The normalized spacial score (nSPS) is 34.1. The molecule has 23 heavy (non-hydrogen) atoms. The minimum absolute atomic E-state index is 0.0901. The molecule has 0 aromatic carbocycles. The van der Waals surface area contributed by atoms with E-state index in [0.29, 0.717) is 5.57 Å². The molecule has 0 unspecified atom stereocenters. The molecule has 2 atom stereocenters. The molecular weight excluding hydrogens is 288 g/mol. The summed E-state index contributed by atoms with van der Waals surface area (Å²) in [6.45, 7) is 8.28. The topological polar surface area (TPSA) is 46.5 Å². The SMILES string of the molecule is C=C1C(=O)O[C@H]2/C=C(\C)CC/C=C(/CO)CC/C=C(\C)CC[C@@H]12. The molecule has 1 aliphatic heterocycles. The fourth-order valence-electron chi connectivity index (χ4n) is 3.22. The molecule has 0 saturated carbocycles. The summed E-state index contributed by atoms with van der Waals surface area (Å²) in [5.74, 6) is -0.162. The van der Waals surface area contributed by atoms with Crippen molar-refractivity contribution in [1.29, 1.82) is 0 Å². The molecule has 1 aliphatic carbocycles. The molecule has 3 nitrogen and oxygen atoms in total. The Hall–Kier alpha value is -1.61. The van der Waals surface area contributed by atoms with Crippen LogP contribution in [0.4, 0.5) is 0 Å². The minimum Gasteiger partial charge on any atom is -0.454 e. The second-order valence-electron chi connectivity index (χ2n) is 6.70. The van der Waals surface area contributed by atoms with E-state index >= 15 is 0 Å². The van der Waals surface area contributed by atoms with Crippen LogP contribution < -0.4 is 0 Å². The van der Waals surface area contributed by atoms with Gasteiger partial charge >= 0.3 is 5.97 Å². The number of carbonyl (C=O) groups is 1. The van der Waals surface area contributed by atoms with Gasteiger partial charge < -0.3 is 9.84 Å². The lowest BCUT2D eigenvalue weighted by Crippen LogP contribution is -2.14. The number of hydrogen-bond acceptors (Lipinski definition) is 3. The largest absolute Gasteiger partial charge is 0.454 e. The lowest BCUT2D eigenvalue weighted by atomic mass is 9.89. The van der Waals surface area contributed by atoms with Crippen molar-refractivity contribution >= 4 is 5.97 Å². The Balaban J connectivity index is 2.20. The zero-order valence-electron chi connectivity index (χ0n) is 14.3. The summed E-state index contributed by atoms with van der Waals surface area (Å²) in [6, 6.07) is 0. The van der Waals surface area contributed by atoms with Crippen LogP contribution in [0.3, 0.4) is 0 Å². The maximum Gasteiger partial charge on any atom is 0.334 e. The van der Waals surface area contributed by atoms with Crippen LogP contribution in [0.25, 0.3) is 0 Å². The molecule has 1 N–H and O–H groups in total. The van der Waals surface area contributed by atoms with Gasteiger partial charge in [0, 0.05) is 11.5 Å². The standard InChI is InChI=1S/C20H28O3/c1-14-6-4-8-17(13-21)9-5-7-15(2)12-19-18(11-10-14)16(3)20(22)23-19/h6,9,12,18-19,21H,3-5,7-8,10-11,13H2,1-2H3/b14-6+,15-12+,17-9+/t18-,19-/m0/s1. The third kappa shape index (κ3) is 4.93. The lowest BCUT2D eigenvalue weighted by Gasteiger charge is -2.16. The number of ether oxygens (including phenoxy) is 1. The van der Waals surface area contributed by atoms with Crippen LogP contribution >= 0.6 is 0 Å². The van der Waals surface area contributed by atoms with Crippen molar-refractivity contribution in [1.82, 2.24) is 0 Å². The molecule has 0 bridgehead atoms. The highest BCUT2D eigenvalue weighted by Gasteiger charge is 2.36. The summed E-state index contributed by atoms with van der Waals surface area (Å²) in [4.78, 5) is 11.8. The molecular formula is C20H28O3. The van der Waals surface area contributed by atoms with Crippen LogP contribution in [0, 0.1) is 5.92 Å². The van der Waals surface area contributed by atoms with Gasteiger partial charge in [0.05, 0.1) is 6.61 Å². The third-order valence-corrected chi connectivity index (χ3v) is 4.78. The molecule has 0 amide bonds. The molecule has 1 heterocycles. The van der Waals surface area contributed by atoms with Crippen molar-refractivity contribution < 1.29 is 14.6 Å². The van der Waals surface area contributed by atoms with E-state index in [1.807, 2.05) is 0 Å². The Morgan fingerprint density at radius 1 is 1.17 bits per heavy atom. The third-order valence-electron chi connectivity index (χ3n) is 4.78. The van der Waals surface area contributed by atoms with E-state index in [1.165, 1.54) is 11.1 Å². The Kier molecular flexibility index (Phi) is 6.40. The molecule has 0 aromatic rings. The van der Waals surface area contributed by atoms with E-state index in [0.717, 1.165) is 44.1 Å². The van der Waals surface area contributed by atoms with E-state index in [1.54, 1.807) is 0 Å². The molecule has 2 rings (SSSR count). The highest BCUT2D eigenvalue weighted by Crippen LogP contribution is 2.33. The molecule has 2 aliphatic rings. The van der Waals surface area contributed by atoms with E-state index in [-0.39, 0.29) is 24.6 Å². The van der Waals surface area contributed by atoms with Gasteiger partial charge in [-0.05, 0) is 64.0 Å². The van der Waals surface area contributed by atoms with Crippen molar-refractivity contribution in [3.8, 4) is 0 Å². The lowest BCUT2D eigenvalue weighted by molar-refractivity contribution is -0.137. The Morgan fingerprint density at radius 3 is 2.65 bits per heavy atom. The molecule has 3 heteroatoms. The van der Waals surface area contributed by atoms with E-state index < -0.39 is 0 Å². The van der Waals surface area contributed by atoms with Crippen LogP contribution in [0.1, 0.15) is 52.4 Å². The van der Waals surface area contributed by atoms with Crippen molar-refractivity contribution in [2.75, 3.05) is 6.61 Å². The summed E-state index contributed by atoms with van der Waals surface area (Å²) in [6.07, 6.45) is 11.8. The first kappa shape index (κ1) is 17.7. The average Bonchev–Trinajstić information content (AvgIpc) is 2.77. The quantitative estimate of drug-likeness (QED) is 0.447. The summed E-state index contributed by atoms with van der Waals surface area (Å²) >= 11 is 0. The highest BCUT2D eigenvalue weighted by molar-refractivity contribution is 5.91. The molecule has 0 radical (unpaired) electrons. The van der Waals surface area contributed by atoms with Gasteiger partial charge in [-0.1, -0.05) is 29.9 Å². The first-order chi connectivity index (χ1) is 11.0. The van der Waals surface area contributed by atoms with Crippen molar-refractivity contribution in [3.63, 3.8) is 0 Å². The second kappa shape index (κ2) is 8.30. The Morgan fingerprint density at radius 2 is 1.91 bits per heavy atom. The number of carbonyl (C=O) groups excluding carboxylic acids is 1. The van der Waals surface area contributed by atoms with Crippen molar-refractivity contribution in [2.24, 2.45) is 5.92 Å². The molecule has 0 aromatic heterocycles. The predicted molar refractivity (Wildman–Crippen MR) is 92.9 cm³/mol. The fraction of sp³-hybridized carbons (Fsp3) is 0.550. The zero-order chi connectivity index (χ0) is 16.8. The highest BCUT2D eigenvalue weighted by atomic mass is 16.5. The first-order valence-corrected chi connectivity index (χ1v) is 8.52. The minimum atomic E-state index is -0.252. The van der Waals surface area contributed by atoms with Gasteiger partial charge in [-0.25, -0.2) is 4.79 Å². The van der Waals surface area contributed by atoms with E-state index in [4.69, 9.17) is 4.74 Å². The Labute approximate surface area is 139 Å². The summed E-state index contributed by atoms with van der Waals surface area (Å²) in [7, 11) is 0. The molecule has 1 saturated heterocycles. The number of esters is 1. The van der Waals surface area contributed by atoms with Crippen molar-refractivity contribution in [3.05, 3.63) is 47.1 Å². The van der Waals surface area contributed by atoms with Gasteiger partial charge in [0.15, 0.2) is 0 Å². The second-order valence-corrected chi connectivity index (χ2v) is 6.70. The average molecular weight is 316 g/mol. The molecule has 1 fully saturated rings. The summed E-state index contributed by atoms with van der Waals surface area (Å²) in [5, 5.41) is 9.44. The van der Waals surface area contributed by atoms with Crippen molar-refractivity contribution in [2.45, 2.75) is 58.5 Å². The molecule has 126 valence electrons. The van der Waals surface area contributed by atoms with Crippen LogP contribution in [-0.4, -0.2) is 23.8 Å². The van der Waals surface area contributed by atoms with Gasteiger partial charge in [-0.2, -0.15) is 0 Å². The van der Waals surface area contributed by atoms with Gasteiger partial charge in [-0.15, -0.1) is 0 Å². The van der Waals surface area contributed by atoms with E-state index in [2.05, 4.69) is 38.7 Å². The number of allylic oxidation sites excluding steroid dienone is 4. The summed E-state index contributed by atoms with van der Waals surface area (Å²) < 4.78 is 5.50.